The van der Waals surface area contributed by atoms with Crippen LogP contribution < -0.4 is 0 Å². The molecule has 0 spiro atoms. The smallest absolute Gasteiger partial charge is 0.266 e. The topological polar surface area (TPSA) is 38.1 Å². The molecule has 0 radical (unpaired) electrons. The Kier molecular flexibility index (Phi) is 4.24. The number of hydrogen-bond donors (Lipinski definition) is 0. The molecule has 0 atom stereocenters. The van der Waals surface area contributed by atoms with E-state index in [1.807, 2.05) is 47.0 Å². The highest BCUT2D eigenvalue weighted by atomic mass is 32.1. The van der Waals surface area contributed by atoms with E-state index < -0.39 is 0 Å². The Bertz CT molecular complexity index is 910. The fourth-order valence-corrected chi connectivity index (χ4v) is 4.07. The minimum atomic E-state index is 0.0803. The molecule has 0 bridgehead atoms. The third-order valence-electron chi connectivity index (χ3n) is 4.45. The van der Waals surface area contributed by atoms with Crippen molar-refractivity contribution in [3.8, 4) is 5.13 Å². The van der Waals surface area contributed by atoms with Gasteiger partial charge >= 0.3 is 0 Å². The number of carbonyl (C=O) groups is 1. The largest absolute Gasteiger partial charge is 0.334 e. The molecule has 3 heterocycles. The summed E-state index contributed by atoms with van der Waals surface area (Å²) in [6, 6.07) is 14.3. The highest BCUT2D eigenvalue weighted by Crippen LogP contribution is 2.26. The first-order valence-corrected chi connectivity index (χ1v) is 9.18. The molecular formula is C20H19N3OS. The monoisotopic (exact) mass is 349 g/mol. The summed E-state index contributed by atoms with van der Waals surface area (Å²) in [5.74, 6) is 0.0803. The molecule has 1 aromatic carbocycles. The van der Waals surface area contributed by atoms with Crippen LogP contribution in [0.1, 0.15) is 27.3 Å². The molecule has 25 heavy (non-hydrogen) atoms. The van der Waals surface area contributed by atoms with Gasteiger partial charge in [-0.25, -0.2) is 4.98 Å². The van der Waals surface area contributed by atoms with Crippen LogP contribution >= 0.6 is 11.3 Å². The molecule has 4 rings (SSSR count). The molecule has 1 aliphatic rings. The standard InChI is InChI=1S/C20H19N3OS/c1-15-18(25-20(21-15)23-11-5-6-12-23)19(24)22-13-9-17(10-14-22)16-7-3-2-4-8-16/h2-9,11-12H,10,13-14H2,1H3. The van der Waals surface area contributed by atoms with E-state index in [1.54, 1.807) is 0 Å². The highest BCUT2D eigenvalue weighted by Gasteiger charge is 2.23. The molecule has 1 aliphatic heterocycles. The van der Waals surface area contributed by atoms with Crippen molar-refractivity contribution in [1.29, 1.82) is 0 Å². The molecule has 126 valence electrons. The Morgan fingerprint density at radius 2 is 1.88 bits per heavy atom. The number of hydrogen-bond acceptors (Lipinski definition) is 3. The fraction of sp³-hybridized carbons (Fsp3) is 0.200. The summed E-state index contributed by atoms with van der Waals surface area (Å²) in [5.41, 5.74) is 3.37. The van der Waals surface area contributed by atoms with Gasteiger partial charge in [0.1, 0.15) is 4.88 Å². The summed E-state index contributed by atoms with van der Waals surface area (Å²) in [7, 11) is 0. The first-order chi connectivity index (χ1) is 12.2. The van der Waals surface area contributed by atoms with Crippen molar-refractivity contribution in [1.82, 2.24) is 14.5 Å². The van der Waals surface area contributed by atoms with Crippen LogP contribution in [-0.4, -0.2) is 33.4 Å². The number of carbonyl (C=O) groups excluding carboxylic acids is 1. The molecule has 0 unspecified atom stereocenters. The minimum Gasteiger partial charge on any atom is -0.334 e. The zero-order valence-corrected chi connectivity index (χ0v) is 14.9. The van der Waals surface area contributed by atoms with Gasteiger partial charge < -0.3 is 9.47 Å². The van der Waals surface area contributed by atoms with E-state index in [2.05, 4.69) is 35.3 Å². The number of aryl methyl sites for hydroxylation is 1. The molecule has 3 aromatic rings. The van der Waals surface area contributed by atoms with Crippen LogP contribution in [0.4, 0.5) is 0 Å². The number of thiazole rings is 1. The van der Waals surface area contributed by atoms with E-state index in [1.165, 1.54) is 22.5 Å². The molecular weight excluding hydrogens is 330 g/mol. The van der Waals surface area contributed by atoms with Crippen LogP contribution in [0.2, 0.25) is 0 Å². The predicted octanol–water partition coefficient (Wildman–Crippen LogP) is 4.17. The Morgan fingerprint density at radius 1 is 1.12 bits per heavy atom. The fourth-order valence-electron chi connectivity index (χ4n) is 3.06. The molecule has 2 aromatic heterocycles. The van der Waals surface area contributed by atoms with Crippen molar-refractivity contribution in [3.05, 3.63) is 77.1 Å². The molecule has 0 saturated carbocycles. The molecule has 0 N–H and O–H groups in total. The summed E-state index contributed by atoms with van der Waals surface area (Å²) in [6.45, 7) is 3.31. The van der Waals surface area contributed by atoms with Gasteiger partial charge in [0.2, 0.25) is 0 Å². The van der Waals surface area contributed by atoms with Crippen molar-refractivity contribution >= 4 is 22.8 Å². The Morgan fingerprint density at radius 3 is 2.56 bits per heavy atom. The molecule has 0 saturated heterocycles. The predicted molar refractivity (Wildman–Crippen MR) is 101 cm³/mol. The zero-order chi connectivity index (χ0) is 17.2. The van der Waals surface area contributed by atoms with Gasteiger partial charge in [-0.15, -0.1) is 0 Å². The quantitative estimate of drug-likeness (QED) is 0.712. The molecule has 0 fully saturated rings. The molecule has 0 aliphatic carbocycles. The first kappa shape index (κ1) is 15.8. The average molecular weight is 349 g/mol. The van der Waals surface area contributed by atoms with Crippen LogP contribution in [0.25, 0.3) is 10.7 Å². The Balaban J connectivity index is 1.52. The molecule has 1 amide bonds. The maximum Gasteiger partial charge on any atom is 0.266 e. The summed E-state index contributed by atoms with van der Waals surface area (Å²) < 4.78 is 1.94. The van der Waals surface area contributed by atoms with Crippen LogP contribution in [-0.2, 0) is 0 Å². The molecule has 4 nitrogen and oxygen atoms in total. The number of benzene rings is 1. The first-order valence-electron chi connectivity index (χ1n) is 8.37. The normalized spacial score (nSPS) is 14.4. The van der Waals surface area contributed by atoms with E-state index in [-0.39, 0.29) is 5.91 Å². The van der Waals surface area contributed by atoms with Crippen LogP contribution in [0.5, 0.6) is 0 Å². The second-order valence-corrected chi connectivity index (χ2v) is 7.08. The lowest BCUT2D eigenvalue weighted by atomic mass is 9.99. The molecule has 5 heteroatoms. The van der Waals surface area contributed by atoms with Gasteiger partial charge in [-0.1, -0.05) is 47.7 Å². The lowest BCUT2D eigenvalue weighted by Gasteiger charge is -2.26. The van der Waals surface area contributed by atoms with Crippen molar-refractivity contribution in [2.24, 2.45) is 0 Å². The van der Waals surface area contributed by atoms with E-state index in [9.17, 15) is 4.79 Å². The van der Waals surface area contributed by atoms with Gasteiger partial charge in [-0.05, 0) is 36.6 Å². The van der Waals surface area contributed by atoms with Crippen molar-refractivity contribution < 1.29 is 4.79 Å². The number of nitrogens with zero attached hydrogens (tertiary/aromatic N) is 3. The van der Waals surface area contributed by atoms with E-state index in [0.29, 0.717) is 6.54 Å². The second-order valence-electron chi connectivity index (χ2n) is 6.10. The van der Waals surface area contributed by atoms with Gasteiger partial charge in [0, 0.05) is 25.5 Å². The summed E-state index contributed by atoms with van der Waals surface area (Å²) in [4.78, 5) is 20.1. The third kappa shape index (κ3) is 3.15. The Hall–Kier alpha value is -2.66. The van der Waals surface area contributed by atoms with E-state index in [0.717, 1.165) is 28.7 Å². The average Bonchev–Trinajstić information content (AvgIpc) is 3.32. The van der Waals surface area contributed by atoms with Crippen molar-refractivity contribution in [2.45, 2.75) is 13.3 Å². The van der Waals surface area contributed by atoms with Crippen molar-refractivity contribution in [2.75, 3.05) is 13.1 Å². The second kappa shape index (κ2) is 6.69. The van der Waals surface area contributed by atoms with E-state index in [4.69, 9.17) is 0 Å². The van der Waals surface area contributed by atoms with Crippen LogP contribution in [0, 0.1) is 6.92 Å². The summed E-state index contributed by atoms with van der Waals surface area (Å²) >= 11 is 1.46. The lowest BCUT2D eigenvalue weighted by molar-refractivity contribution is 0.0776. The summed E-state index contributed by atoms with van der Waals surface area (Å²) in [5, 5.41) is 0.836. The third-order valence-corrected chi connectivity index (χ3v) is 5.60. The van der Waals surface area contributed by atoms with E-state index >= 15 is 0 Å². The van der Waals surface area contributed by atoms with Gasteiger partial charge in [0.25, 0.3) is 5.91 Å². The minimum absolute atomic E-state index is 0.0803. The van der Waals surface area contributed by atoms with Gasteiger partial charge in [0.05, 0.1) is 5.69 Å². The highest BCUT2D eigenvalue weighted by molar-refractivity contribution is 7.16. The SMILES string of the molecule is Cc1nc(-n2cccc2)sc1C(=O)N1CC=C(c2ccccc2)CC1. The number of amides is 1. The maximum absolute atomic E-state index is 12.9. The van der Waals surface area contributed by atoms with Crippen LogP contribution in [0.15, 0.2) is 60.9 Å². The van der Waals surface area contributed by atoms with Gasteiger partial charge in [-0.2, -0.15) is 0 Å². The number of aromatic nitrogens is 2. The Labute approximate surface area is 151 Å². The van der Waals surface area contributed by atoms with Gasteiger partial charge in [0.15, 0.2) is 5.13 Å². The van der Waals surface area contributed by atoms with Crippen LogP contribution in [0.3, 0.4) is 0 Å². The maximum atomic E-state index is 12.9. The summed E-state index contributed by atoms with van der Waals surface area (Å²) in [6.07, 6.45) is 6.95. The van der Waals surface area contributed by atoms with Gasteiger partial charge in [-0.3, -0.25) is 4.79 Å². The van der Waals surface area contributed by atoms with Crippen molar-refractivity contribution in [3.63, 3.8) is 0 Å². The lowest BCUT2D eigenvalue weighted by Crippen LogP contribution is -2.34. The number of rotatable bonds is 3. The zero-order valence-electron chi connectivity index (χ0n) is 14.1.